The van der Waals surface area contributed by atoms with Gasteiger partial charge in [-0.25, -0.2) is 4.79 Å². The summed E-state index contributed by atoms with van der Waals surface area (Å²) in [6.07, 6.45) is 2.85. The number of aryl methyl sites for hydroxylation is 1. The fourth-order valence-electron chi connectivity index (χ4n) is 1.90. The van der Waals surface area contributed by atoms with Gasteiger partial charge in [0.05, 0.1) is 5.56 Å². The van der Waals surface area contributed by atoms with Crippen LogP contribution in [0, 0.1) is 0 Å². The van der Waals surface area contributed by atoms with Gasteiger partial charge in [0.25, 0.3) is 0 Å². The Balaban J connectivity index is 2.50. The van der Waals surface area contributed by atoms with Gasteiger partial charge in [-0.3, -0.25) is 4.79 Å². The Morgan fingerprint density at radius 1 is 1.15 bits per heavy atom. The molecule has 2 N–H and O–H groups in total. The molecular weight excluding hydrogens is 254 g/mol. The second-order valence-corrected chi connectivity index (χ2v) is 5.32. The third kappa shape index (κ3) is 4.68. The highest BCUT2D eigenvalue weighted by molar-refractivity contribution is 5.87. The SMILES string of the molecule is CCC(C)(CC)NC(=O)CCc1ccc(C(=O)O)cc1. The van der Waals surface area contributed by atoms with Crippen LogP contribution in [0.25, 0.3) is 0 Å². The molecule has 0 aromatic heterocycles. The van der Waals surface area contributed by atoms with Crippen LogP contribution in [-0.2, 0) is 11.2 Å². The molecule has 1 amide bonds. The number of benzene rings is 1. The Bertz CT molecular complexity index is 461. The van der Waals surface area contributed by atoms with Crippen molar-refractivity contribution in [1.29, 1.82) is 0 Å². The van der Waals surface area contributed by atoms with Crippen molar-refractivity contribution in [2.45, 2.75) is 52.0 Å². The van der Waals surface area contributed by atoms with Crippen molar-refractivity contribution >= 4 is 11.9 Å². The molecule has 0 aliphatic carbocycles. The number of nitrogens with one attached hydrogen (secondary N) is 1. The summed E-state index contributed by atoms with van der Waals surface area (Å²) in [5, 5.41) is 11.9. The van der Waals surface area contributed by atoms with Crippen LogP contribution >= 0.6 is 0 Å². The third-order valence-electron chi connectivity index (χ3n) is 3.84. The highest BCUT2D eigenvalue weighted by atomic mass is 16.4. The molecular formula is C16H23NO3. The summed E-state index contributed by atoms with van der Waals surface area (Å²) < 4.78 is 0. The largest absolute Gasteiger partial charge is 0.478 e. The van der Waals surface area contributed by atoms with E-state index in [9.17, 15) is 9.59 Å². The maximum absolute atomic E-state index is 11.9. The van der Waals surface area contributed by atoms with Gasteiger partial charge in [0.2, 0.25) is 5.91 Å². The van der Waals surface area contributed by atoms with Crippen molar-refractivity contribution < 1.29 is 14.7 Å². The van der Waals surface area contributed by atoms with Gasteiger partial charge >= 0.3 is 5.97 Å². The maximum atomic E-state index is 11.9. The van der Waals surface area contributed by atoms with Crippen molar-refractivity contribution in [3.05, 3.63) is 35.4 Å². The van der Waals surface area contributed by atoms with E-state index >= 15 is 0 Å². The lowest BCUT2D eigenvalue weighted by atomic mass is 9.95. The number of carbonyl (C=O) groups is 2. The van der Waals surface area contributed by atoms with Crippen molar-refractivity contribution in [1.82, 2.24) is 5.32 Å². The van der Waals surface area contributed by atoms with Crippen LogP contribution in [0.15, 0.2) is 24.3 Å². The number of aromatic carboxylic acids is 1. The average Bonchev–Trinajstić information content (AvgIpc) is 2.45. The average molecular weight is 277 g/mol. The molecule has 0 aliphatic heterocycles. The Labute approximate surface area is 120 Å². The van der Waals surface area contributed by atoms with Crippen molar-refractivity contribution in [2.75, 3.05) is 0 Å². The van der Waals surface area contributed by atoms with E-state index < -0.39 is 5.97 Å². The summed E-state index contributed by atoms with van der Waals surface area (Å²) in [4.78, 5) is 22.7. The van der Waals surface area contributed by atoms with Gasteiger partial charge in [0, 0.05) is 12.0 Å². The van der Waals surface area contributed by atoms with Crippen LogP contribution < -0.4 is 5.32 Å². The molecule has 1 aromatic rings. The quantitative estimate of drug-likeness (QED) is 0.805. The predicted molar refractivity (Wildman–Crippen MR) is 78.9 cm³/mol. The second kappa shape index (κ2) is 7.08. The molecule has 1 rings (SSSR count). The summed E-state index contributed by atoms with van der Waals surface area (Å²) in [7, 11) is 0. The zero-order valence-electron chi connectivity index (χ0n) is 12.4. The van der Waals surface area contributed by atoms with Gasteiger partial charge in [-0.15, -0.1) is 0 Å². The molecule has 110 valence electrons. The number of hydrogen-bond acceptors (Lipinski definition) is 2. The normalized spacial score (nSPS) is 11.2. The van der Waals surface area contributed by atoms with E-state index in [0.29, 0.717) is 12.8 Å². The molecule has 4 heteroatoms. The molecule has 20 heavy (non-hydrogen) atoms. The lowest BCUT2D eigenvalue weighted by Crippen LogP contribution is -2.45. The van der Waals surface area contributed by atoms with E-state index in [1.54, 1.807) is 24.3 Å². The highest BCUT2D eigenvalue weighted by Gasteiger charge is 2.21. The molecule has 0 saturated heterocycles. The Morgan fingerprint density at radius 3 is 2.15 bits per heavy atom. The first-order valence-corrected chi connectivity index (χ1v) is 7.03. The zero-order valence-corrected chi connectivity index (χ0v) is 12.4. The summed E-state index contributed by atoms with van der Waals surface area (Å²) in [6, 6.07) is 6.65. The van der Waals surface area contributed by atoms with Crippen molar-refractivity contribution in [3.63, 3.8) is 0 Å². The molecule has 0 radical (unpaired) electrons. The lowest BCUT2D eigenvalue weighted by molar-refractivity contribution is -0.122. The zero-order chi connectivity index (χ0) is 15.2. The van der Waals surface area contributed by atoms with Crippen LogP contribution in [0.4, 0.5) is 0 Å². The summed E-state index contributed by atoms with van der Waals surface area (Å²) in [5.74, 6) is -0.894. The Morgan fingerprint density at radius 2 is 1.70 bits per heavy atom. The number of hydrogen-bond donors (Lipinski definition) is 2. The Kier molecular flexibility index (Phi) is 5.74. The molecule has 0 bridgehead atoms. The van der Waals surface area contributed by atoms with Gasteiger partial charge in [-0.1, -0.05) is 26.0 Å². The second-order valence-electron chi connectivity index (χ2n) is 5.32. The first-order valence-electron chi connectivity index (χ1n) is 7.03. The van der Waals surface area contributed by atoms with Gasteiger partial charge in [0.1, 0.15) is 0 Å². The first-order chi connectivity index (χ1) is 9.40. The third-order valence-corrected chi connectivity index (χ3v) is 3.84. The molecule has 0 unspecified atom stereocenters. The van der Waals surface area contributed by atoms with Crippen LogP contribution in [0.2, 0.25) is 0 Å². The van der Waals surface area contributed by atoms with Crippen molar-refractivity contribution in [2.24, 2.45) is 0 Å². The van der Waals surface area contributed by atoms with E-state index in [1.807, 2.05) is 6.92 Å². The molecule has 0 spiro atoms. The molecule has 0 heterocycles. The number of amides is 1. The lowest BCUT2D eigenvalue weighted by Gasteiger charge is -2.28. The molecule has 1 aromatic carbocycles. The molecule has 4 nitrogen and oxygen atoms in total. The maximum Gasteiger partial charge on any atom is 0.335 e. The fourth-order valence-corrected chi connectivity index (χ4v) is 1.90. The predicted octanol–water partition coefficient (Wildman–Crippen LogP) is 3.01. The minimum atomic E-state index is -0.934. The Hall–Kier alpha value is -1.84. The number of carboxylic acid groups (broad SMARTS) is 1. The van der Waals surface area contributed by atoms with E-state index in [0.717, 1.165) is 18.4 Å². The summed E-state index contributed by atoms with van der Waals surface area (Å²) in [6.45, 7) is 6.18. The van der Waals surface area contributed by atoms with E-state index in [4.69, 9.17) is 5.11 Å². The topological polar surface area (TPSA) is 66.4 Å². The molecule has 0 fully saturated rings. The van der Waals surface area contributed by atoms with Gasteiger partial charge in [0.15, 0.2) is 0 Å². The monoisotopic (exact) mass is 277 g/mol. The summed E-state index contributed by atoms with van der Waals surface area (Å²) >= 11 is 0. The molecule has 0 saturated carbocycles. The van der Waals surface area contributed by atoms with E-state index in [-0.39, 0.29) is 17.0 Å². The van der Waals surface area contributed by atoms with Gasteiger partial charge in [-0.05, 0) is 43.9 Å². The van der Waals surface area contributed by atoms with Crippen LogP contribution in [0.1, 0.15) is 56.0 Å². The number of carbonyl (C=O) groups excluding carboxylic acids is 1. The van der Waals surface area contributed by atoms with Crippen LogP contribution in [-0.4, -0.2) is 22.5 Å². The number of rotatable bonds is 7. The van der Waals surface area contributed by atoms with Crippen molar-refractivity contribution in [3.8, 4) is 0 Å². The molecule has 0 atom stereocenters. The minimum Gasteiger partial charge on any atom is -0.478 e. The highest BCUT2D eigenvalue weighted by Crippen LogP contribution is 2.14. The van der Waals surface area contributed by atoms with Gasteiger partial charge in [-0.2, -0.15) is 0 Å². The standard InChI is InChI=1S/C16H23NO3/c1-4-16(3,5-2)17-14(18)11-8-12-6-9-13(10-7-12)15(19)20/h6-7,9-10H,4-5,8,11H2,1-3H3,(H,17,18)(H,19,20). The first kappa shape index (κ1) is 16.2. The molecule has 0 aliphatic rings. The smallest absolute Gasteiger partial charge is 0.335 e. The minimum absolute atomic E-state index is 0.0403. The fraction of sp³-hybridized carbons (Fsp3) is 0.500. The van der Waals surface area contributed by atoms with E-state index in [1.165, 1.54) is 0 Å². The summed E-state index contributed by atoms with van der Waals surface area (Å²) in [5.41, 5.74) is 1.10. The van der Waals surface area contributed by atoms with Crippen LogP contribution in [0.5, 0.6) is 0 Å². The van der Waals surface area contributed by atoms with E-state index in [2.05, 4.69) is 19.2 Å². The van der Waals surface area contributed by atoms with Crippen LogP contribution in [0.3, 0.4) is 0 Å². The number of carboxylic acids is 1. The van der Waals surface area contributed by atoms with Gasteiger partial charge < -0.3 is 10.4 Å².